The summed E-state index contributed by atoms with van der Waals surface area (Å²) < 4.78 is 11.3. The molecule has 2 rings (SSSR count). The molecule has 0 bridgehead atoms. The Morgan fingerprint density at radius 1 is 1.20 bits per heavy atom. The largest absolute Gasteiger partial charge is 0.508 e. The molecule has 5 nitrogen and oxygen atoms in total. The molecule has 2 aromatic rings. The van der Waals surface area contributed by atoms with Crippen molar-refractivity contribution >= 4 is 29.2 Å². The minimum atomic E-state index is -1.63. The summed E-state index contributed by atoms with van der Waals surface area (Å²) in [6, 6.07) is 10.8. The van der Waals surface area contributed by atoms with E-state index in [4.69, 9.17) is 32.7 Å². The Bertz CT molecular complexity index is 748. The fourth-order valence-electron chi connectivity index (χ4n) is 2.07. The van der Waals surface area contributed by atoms with Crippen molar-refractivity contribution in [3.8, 4) is 11.5 Å². The molecule has 0 saturated carbocycles. The number of rotatable bonds is 7. The van der Waals surface area contributed by atoms with Gasteiger partial charge in [0.25, 0.3) is 0 Å². The smallest absolute Gasteiger partial charge is 0.350 e. The van der Waals surface area contributed by atoms with E-state index < -0.39 is 17.7 Å². The summed E-state index contributed by atoms with van der Waals surface area (Å²) in [6.07, 6.45) is -0.787. The Labute approximate surface area is 155 Å². The first kappa shape index (κ1) is 19.4. The van der Waals surface area contributed by atoms with E-state index in [9.17, 15) is 15.0 Å². The summed E-state index contributed by atoms with van der Waals surface area (Å²) in [5, 5.41) is 19.9. The van der Waals surface area contributed by atoms with Crippen LogP contribution in [0, 0.1) is 0 Å². The topological polar surface area (TPSA) is 76.0 Å². The second-order valence-electron chi connectivity index (χ2n) is 5.70. The van der Waals surface area contributed by atoms with Crippen LogP contribution in [0.15, 0.2) is 42.5 Å². The van der Waals surface area contributed by atoms with Gasteiger partial charge in [0.15, 0.2) is 0 Å². The molecule has 2 aromatic carbocycles. The van der Waals surface area contributed by atoms with E-state index in [-0.39, 0.29) is 12.4 Å². The number of carbonyl (C=O) groups is 1. The van der Waals surface area contributed by atoms with Crippen LogP contribution in [0.2, 0.25) is 10.0 Å². The highest BCUT2D eigenvalue weighted by atomic mass is 35.5. The van der Waals surface area contributed by atoms with Crippen LogP contribution in [-0.4, -0.2) is 27.9 Å². The SMILES string of the molecule is CC(OCc1ccc(Cl)cc1Cl)C(C)(Oc1ccc(O)cc1)C(=O)O. The van der Waals surface area contributed by atoms with E-state index >= 15 is 0 Å². The average molecular weight is 385 g/mol. The summed E-state index contributed by atoms with van der Waals surface area (Å²) in [6.45, 7) is 3.15. The highest BCUT2D eigenvalue weighted by Gasteiger charge is 2.42. The first-order valence-corrected chi connectivity index (χ1v) is 8.25. The van der Waals surface area contributed by atoms with E-state index in [0.717, 1.165) is 0 Å². The highest BCUT2D eigenvalue weighted by molar-refractivity contribution is 6.35. The normalized spacial score (nSPS) is 14.6. The van der Waals surface area contributed by atoms with Gasteiger partial charge >= 0.3 is 5.97 Å². The number of aromatic hydroxyl groups is 1. The lowest BCUT2D eigenvalue weighted by Crippen LogP contribution is -2.51. The lowest BCUT2D eigenvalue weighted by Gasteiger charge is -2.32. The lowest BCUT2D eigenvalue weighted by atomic mass is 10.00. The van der Waals surface area contributed by atoms with Gasteiger partial charge in [0, 0.05) is 10.0 Å². The fourth-order valence-corrected chi connectivity index (χ4v) is 2.54. The summed E-state index contributed by atoms with van der Waals surface area (Å²) in [4.78, 5) is 11.8. The number of carboxylic acid groups (broad SMARTS) is 1. The van der Waals surface area contributed by atoms with Gasteiger partial charge in [-0.3, -0.25) is 0 Å². The molecule has 2 atom stereocenters. The predicted octanol–water partition coefficient (Wildman–Crippen LogP) is 4.53. The van der Waals surface area contributed by atoms with Gasteiger partial charge in [-0.2, -0.15) is 0 Å². The van der Waals surface area contributed by atoms with Crippen LogP contribution in [0.25, 0.3) is 0 Å². The van der Waals surface area contributed by atoms with Crippen molar-refractivity contribution < 1.29 is 24.5 Å². The summed E-state index contributed by atoms with van der Waals surface area (Å²) >= 11 is 12.0. The molecule has 2 unspecified atom stereocenters. The van der Waals surface area contributed by atoms with Crippen LogP contribution in [0.5, 0.6) is 11.5 Å². The van der Waals surface area contributed by atoms with Crippen molar-refractivity contribution in [2.75, 3.05) is 0 Å². The second kappa shape index (κ2) is 7.95. The number of phenolic OH excluding ortho intramolecular Hbond substituents is 1. The zero-order chi connectivity index (χ0) is 18.6. The average Bonchev–Trinajstić information content (AvgIpc) is 2.55. The van der Waals surface area contributed by atoms with Crippen LogP contribution < -0.4 is 4.74 Å². The number of aliphatic carboxylic acids is 1. The van der Waals surface area contributed by atoms with E-state index in [2.05, 4.69) is 0 Å². The Morgan fingerprint density at radius 2 is 1.84 bits per heavy atom. The van der Waals surface area contributed by atoms with E-state index in [1.54, 1.807) is 25.1 Å². The molecule has 0 fully saturated rings. The van der Waals surface area contributed by atoms with E-state index in [1.165, 1.54) is 31.2 Å². The molecule has 0 aliphatic carbocycles. The van der Waals surface area contributed by atoms with Crippen molar-refractivity contribution in [3.63, 3.8) is 0 Å². The number of carboxylic acids is 1. The van der Waals surface area contributed by atoms with Crippen molar-refractivity contribution in [3.05, 3.63) is 58.1 Å². The molecule has 0 aliphatic heterocycles. The van der Waals surface area contributed by atoms with Gasteiger partial charge in [-0.25, -0.2) is 4.79 Å². The van der Waals surface area contributed by atoms with Crippen LogP contribution in [0.4, 0.5) is 0 Å². The maximum absolute atomic E-state index is 11.8. The third kappa shape index (κ3) is 4.78. The Morgan fingerprint density at radius 3 is 2.40 bits per heavy atom. The van der Waals surface area contributed by atoms with Crippen molar-refractivity contribution in [2.45, 2.75) is 32.2 Å². The van der Waals surface area contributed by atoms with Crippen LogP contribution in [0.1, 0.15) is 19.4 Å². The Hall–Kier alpha value is -1.95. The molecule has 0 amide bonds. The minimum Gasteiger partial charge on any atom is -0.508 e. The third-order valence-electron chi connectivity index (χ3n) is 3.87. The van der Waals surface area contributed by atoms with Gasteiger partial charge in [0.1, 0.15) is 17.6 Å². The molecule has 0 saturated heterocycles. The Kier molecular flexibility index (Phi) is 6.16. The first-order valence-electron chi connectivity index (χ1n) is 7.49. The number of halogens is 2. The number of hydrogen-bond donors (Lipinski definition) is 2. The summed E-state index contributed by atoms with van der Waals surface area (Å²) in [5.41, 5.74) is -0.939. The fraction of sp³-hybridized carbons (Fsp3) is 0.278. The second-order valence-corrected chi connectivity index (χ2v) is 6.54. The molecule has 0 spiro atoms. The lowest BCUT2D eigenvalue weighted by molar-refractivity contribution is -0.168. The van der Waals surface area contributed by atoms with Gasteiger partial charge in [-0.1, -0.05) is 29.3 Å². The molecular formula is C18H18Cl2O5. The van der Waals surface area contributed by atoms with Crippen LogP contribution in [0.3, 0.4) is 0 Å². The van der Waals surface area contributed by atoms with Gasteiger partial charge in [0.2, 0.25) is 5.60 Å². The maximum Gasteiger partial charge on any atom is 0.350 e. The maximum atomic E-state index is 11.8. The van der Waals surface area contributed by atoms with Gasteiger partial charge in [-0.15, -0.1) is 0 Å². The molecule has 7 heteroatoms. The van der Waals surface area contributed by atoms with Crippen LogP contribution >= 0.6 is 23.2 Å². The quantitative estimate of drug-likeness (QED) is 0.733. The van der Waals surface area contributed by atoms with Gasteiger partial charge in [-0.05, 0) is 55.8 Å². The molecule has 0 heterocycles. The summed E-state index contributed by atoms with van der Waals surface area (Å²) in [7, 11) is 0. The number of phenols is 1. The molecule has 0 aromatic heterocycles. The number of ether oxygens (including phenoxy) is 2. The predicted molar refractivity (Wildman–Crippen MR) is 95.5 cm³/mol. The molecular weight excluding hydrogens is 367 g/mol. The Balaban J connectivity index is 2.12. The monoisotopic (exact) mass is 384 g/mol. The summed E-state index contributed by atoms with van der Waals surface area (Å²) in [5.74, 6) is -0.802. The molecule has 0 radical (unpaired) electrons. The standard InChI is InChI=1S/C18H18Cl2O5/c1-11(24-10-12-3-4-13(19)9-16(12)20)18(2,17(22)23)25-15-7-5-14(21)6-8-15/h3-9,11,21H,10H2,1-2H3,(H,22,23). The zero-order valence-corrected chi connectivity index (χ0v) is 15.2. The van der Waals surface area contributed by atoms with E-state index in [0.29, 0.717) is 21.4 Å². The zero-order valence-electron chi connectivity index (χ0n) is 13.7. The minimum absolute atomic E-state index is 0.0612. The van der Waals surface area contributed by atoms with Crippen molar-refractivity contribution in [1.82, 2.24) is 0 Å². The molecule has 134 valence electrons. The molecule has 0 aliphatic rings. The van der Waals surface area contributed by atoms with E-state index in [1.807, 2.05) is 0 Å². The van der Waals surface area contributed by atoms with Gasteiger partial charge < -0.3 is 19.7 Å². The first-order chi connectivity index (χ1) is 11.7. The molecule has 2 N–H and O–H groups in total. The van der Waals surface area contributed by atoms with Crippen molar-refractivity contribution in [2.24, 2.45) is 0 Å². The number of hydrogen-bond acceptors (Lipinski definition) is 4. The third-order valence-corrected chi connectivity index (χ3v) is 4.46. The number of benzene rings is 2. The molecule has 25 heavy (non-hydrogen) atoms. The van der Waals surface area contributed by atoms with Crippen LogP contribution in [-0.2, 0) is 16.1 Å². The highest BCUT2D eigenvalue weighted by Crippen LogP contribution is 2.27. The van der Waals surface area contributed by atoms with Crippen molar-refractivity contribution in [1.29, 1.82) is 0 Å². The van der Waals surface area contributed by atoms with Gasteiger partial charge in [0.05, 0.1) is 6.61 Å².